The molecule has 0 spiro atoms. The molecule has 0 amide bonds. The molecule has 1 N–H and O–H groups in total. The topological polar surface area (TPSA) is 72.5 Å². The Hall–Kier alpha value is -2.43. The summed E-state index contributed by atoms with van der Waals surface area (Å²) in [6.45, 7) is 6.37. The summed E-state index contributed by atoms with van der Waals surface area (Å²) in [4.78, 5) is 36.2. The fourth-order valence-corrected chi connectivity index (χ4v) is 3.39. The van der Waals surface area contributed by atoms with Crippen LogP contribution in [0.4, 0.5) is 5.69 Å². The Morgan fingerprint density at radius 3 is 2.28 bits per heavy atom. The first-order valence-corrected chi connectivity index (χ1v) is 10.8. The number of anilines is 1. The maximum atomic E-state index is 12.1. The van der Waals surface area contributed by atoms with Gasteiger partial charge in [0.1, 0.15) is 6.04 Å². The normalized spacial score (nSPS) is 16.7. The smallest absolute Gasteiger partial charge is 0.338 e. The molecule has 1 aliphatic carbocycles. The van der Waals surface area contributed by atoms with Gasteiger partial charge < -0.3 is 10.1 Å². The third kappa shape index (κ3) is 7.48. The molecule has 158 valence electrons. The van der Waals surface area contributed by atoms with Crippen molar-refractivity contribution in [2.24, 2.45) is 0 Å². The first-order chi connectivity index (χ1) is 14.0. The molecule has 1 atom stereocenters. The number of unbranched alkanes of at least 4 members (excludes halogenated alkanes) is 7. The van der Waals surface area contributed by atoms with Gasteiger partial charge >= 0.3 is 5.97 Å². The molecule has 2 rings (SSSR count). The SMILES string of the molecule is C=C1CCC(=O)C(Nc2ccc(C(=O)OCCCCCCCCCC)cc2)C1=O. The minimum atomic E-state index is -0.879. The fourth-order valence-electron chi connectivity index (χ4n) is 3.39. The lowest BCUT2D eigenvalue weighted by atomic mass is 9.89. The molecule has 29 heavy (non-hydrogen) atoms. The number of hydrogen-bond acceptors (Lipinski definition) is 5. The van der Waals surface area contributed by atoms with E-state index in [1.165, 1.54) is 38.5 Å². The molecule has 0 aromatic heterocycles. The van der Waals surface area contributed by atoms with Crippen molar-refractivity contribution in [1.29, 1.82) is 0 Å². The van der Waals surface area contributed by atoms with E-state index in [9.17, 15) is 14.4 Å². The summed E-state index contributed by atoms with van der Waals surface area (Å²) in [5, 5.41) is 2.95. The van der Waals surface area contributed by atoms with E-state index in [0.29, 0.717) is 36.3 Å². The molecule has 0 heterocycles. The van der Waals surface area contributed by atoms with Crippen LogP contribution >= 0.6 is 0 Å². The number of carbonyl (C=O) groups excluding carboxylic acids is 3. The highest BCUT2D eigenvalue weighted by Crippen LogP contribution is 2.20. The Kier molecular flexibility index (Phi) is 9.62. The van der Waals surface area contributed by atoms with Crippen LogP contribution in [0.3, 0.4) is 0 Å². The van der Waals surface area contributed by atoms with E-state index in [2.05, 4.69) is 18.8 Å². The zero-order chi connectivity index (χ0) is 21.1. The van der Waals surface area contributed by atoms with E-state index in [1.54, 1.807) is 24.3 Å². The molecule has 0 aliphatic heterocycles. The van der Waals surface area contributed by atoms with E-state index in [1.807, 2.05) is 0 Å². The zero-order valence-electron chi connectivity index (χ0n) is 17.5. The number of nitrogens with one attached hydrogen (secondary N) is 1. The zero-order valence-corrected chi connectivity index (χ0v) is 17.5. The van der Waals surface area contributed by atoms with Crippen molar-refractivity contribution in [3.63, 3.8) is 0 Å². The van der Waals surface area contributed by atoms with Crippen LogP contribution < -0.4 is 5.32 Å². The van der Waals surface area contributed by atoms with Crippen molar-refractivity contribution in [1.82, 2.24) is 0 Å². The minimum absolute atomic E-state index is 0.128. The van der Waals surface area contributed by atoms with Crippen molar-refractivity contribution in [3.8, 4) is 0 Å². The Labute approximate surface area is 173 Å². The van der Waals surface area contributed by atoms with E-state index >= 15 is 0 Å². The van der Waals surface area contributed by atoms with E-state index in [-0.39, 0.29) is 17.5 Å². The standard InChI is InChI=1S/C24H33NO4/c1-3-4-5-6-7-8-9-10-17-29-24(28)19-12-14-20(15-13-19)25-22-21(26)16-11-18(2)23(22)27/h12-15,22,25H,2-11,16-17H2,1H3. The van der Waals surface area contributed by atoms with Crippen LogP contribution in [-0.4, -0.2) is 30.2 Å². The molecule has 5 heteroatoms. The highest BCUT2D eigenvalue weighted by Gasteiger charge is 2.32. The molecule has 0 radical (unpaired) electrons. The second-order valence-corrected chi connectivity index (χ2v) is 7.70. The third-order valence-corrected chi connectivity index (χ3v) is 5.27. The first-order valence-electron chi connectivity index (χ1n) is 10.8. The summed E-state index contributed by atoms with van der Waals surface area (Å²) in [5.41, 5.74) is 1.55. The van der Waals surface area contributed by atoms with Crippen molar-refractivity contribution in [2.75, 3.05) is 11.9 Å². The van der Waals surface area contributed by atoms with Crippen molar-refractivity contribution in [2.45, 2.75) is 77.2 Å². The van der Waals surface area contributed by atoms with E-state index < -0.39 is 6.04 Å². The van der Waals surface area contributed by atoms with Gasteiger partial charge in [0.05, 0.1) is 12.2 Å². The van der Waals surface area contributed by atoms with Gasteiger partial charge in [0.25, 0.3) is 0 Å². The third-order valence-electron chi connectivity index (χ3n) is 5.27. The molecule has 0 saturated heterocycles. The second kappa shape index (κ2) is 12.2. The Bertz CT molecular complexity index is 708. The maximum absolute atomic E-state index is 12.1. The number of carbonyl (C=O) groups is 3. The highest BCUT2D eigenvalue weighted by molar-refractivity contribution is 6.17. The van der Waals surface area contributed by atoms with Gasteiger partial charge in [-0.05, 0) is 42.7 Å². The lowest BCUT2D eigenvalue weighted by Gasteiger charge is -2.23. The molecular weight excluding hydrogens is 366 g/mol. The molecule has 1 unspecified atom stereocenters. The lowest BCUT2D eigenvalue weighted by Crippen LogP contribution is -2.41. The molecule has 1 aliphatic rings. The summed E-state index contributed by atoms with van der Waals surface area (Å²) in [6, 6.07) is 5.78. The Balaban J connectivity index is 1.70. The number of ketones is 2. The number of hydrogen-bond donors (Lipinski definition) is 1. The van der Waals surface area contributed by atoms with Crippen molar-refractivity contribution in [3.05, 3.63) is 42.0 Å². The molecule has 1 aromatic rings. The minimum Gasteiger partial charge on any atom is -0.462 e. The van der Waals surface area contributed by atoms with Crippen LogP contribution in [0.5, 0.6) is 0 Å². The van der Waals surface area contributed by atoms with Gasteiger partial charge in [0.15, 0.2) is 11.6 Å². The van der Waals surface area contributed by atoms with Gasteiger partial charge in [0.2, 0.25) is 0 Å². The first kappa shape index (κ1) is 22.9. The summed E-state index contributed by atoms with van der Waals surface area (Å²) in [5.74, 6) is -0.732. The summed E-state index contributed by atoms with van der Waals surface area (Å²) < 4.78 is 5.33. The summed E-state index contributed by atoms with van der Waals surface area (Å²) in [6.07, 6.45) is 10.3. The number of esters is 1. The van der Waals surface area contributed by atoms with Crippen LogP contribution in [0.25, 0.3) is 0 Å². The number of rotatable bonds is 12. The van der Waals surface area contributed by atoms with Crippen LogP contribution in [-0.2, 0) is 14.3 Å². The maximum Gasteiger partial charge on any atom is 0.338 e. The highest BCUT2D eigenvalue weighted by atomic mass is 16.5. The van der Waals surface area contributed by atoms with Gasteiger partial charge in [0, 0.05) is 12.1 Å². The summed E-state index contributed by atoms with van der Waals surface area (Å²) >= 11 is 0. The summed E-state index contributed by atoms with van der Waals surface area (Å²) in [7, 11) is 0. The average molecular weight is 400 g/mol. The second-order valence-electron chi connectivity index (χ2n) is 7.70. The van der Waals surface area contributed by atoms with Crippen molar-refractivity contribution < 1.29 is 19.1 Å². The molecule has 1 aromatic carbocycles. The van der Waals surface area contributed by atoms with Gasteiger partial charge in [-0.1, -0.05) is 58.4 Å². The molecule has 5 nitrogen and oxygen atoms in total. The fraction of sp³-hybridized carbons (Fsp3) is 0.542. The van der Waals surface area contributed by atoms with Gasteiger partial charge in [-0.15, -0.1) is 0 Å². The van der Waals surface area contributed by atoms with Crippen LogP contribution in [0.1, 0.15) is 81.5 Å². The van der Waals surface area contributed by atoms with Crippen LogP contribution in [0.2, 0.25) is 0 Å². The largest absolute Gasteiger partial charge is 0.462 e. The molecule has 0 bridgehead atoms. The molecule has 1 saturated carbocycles. The number of benzene rings is 1. The van der Waals surface area contributed by atoms with Gasteiger partial charge in [-0.3, -0.25) is 9.59 Å². The molecular formula is C24H33NO4. The number of Topliss-reactive ketones (excluding diaryl/α,β-unsaturated/α-hetero) is 2. The van der Waals surface area contributed by atoms with E-state index in [0.717, 1.165) is 12.8 Å². The van der Waals surface area contributed by atoms with Crippen LogP contribution in [0, 0.1) is 0 Å². The number of ether oxygens (including phenoxy) is 1. The molecule has 1 fully saturated rings. The Morgan fingerprint density at radius 1 is 1.00 bits per heavy atom. The monoisotopic (exact) mass is 399 g/mol. The Morgan fingerprint density at radius 2 is 1.62 bits per heavy atom. The quantitative estimate of drug-likeness (QED) is 0.225. The lowest BCUT2D eigenvalue weighted by molar-refractivity contribution is -0.128. The predicted octanol–water partition coefficient (Wildman–Crippen LogP) is 5.25. The van der Waals surface area contributed by atoms with E-state index in [4.69, 9.17) is 4.74 Å². The van der Waals surface area contributed by atoms with Crippen molar-refractivity contribution >= 4 is 23.2 Å². The predicted molar refractivity (Wildman–Crippen MR) is 115 cm³/mol. The van der Waals surface area contributed by atoms with Gasteiger partial charge in [-0.2, -0.15) is 0 Å². The average Bonchev–Trinajstić information content (AvgIpc) is 2.73. The van der Waals surface area contributed by atoms with Gasteiger partial charge in [-0.25, -0.2) is 4.79 Å². The van der Waals surface area contributed by atoms with Crippen LogP contribution in [0.15, 0.2) is 36.4 Å².